The number of H-pyrrole nitrogens is 1. The molecule has 0 spiro atoms. The van der Waals surface area contributed by atoms with E-state index < -0.39 is 22.0 Å². The van der Waals surface area contributed by atoms with Gasteiger partial charge in [-0.15, -0.1) is 11.3 Å². The molecule has 5 aromatic rings. The lowest BCUT2D eigenvalue weighted by Crippen LogP contribution is -2.42. The van der Waals surface area contributed by atoms with Crippen LogP contribution in [0.1, 0.15) is 22.2 Å². The van der Waals surface area contributed by atoms with Crippen LogP contribution in [0.15, 0.2) is 105 Å². The van der Waals surface area contributed by atoms with Crippen LogP contribution in [0.25, 0.3) is 10.9 Å². The van der Waals surface area contributed by atoms with E-state index >= 15 is 0 Å². The first-order chi connectivity index (χ1) is 18.8. The highest BCUT2D eigenvalue weighted by atomic mass is 32.2. The van der Waals surface area contributed by atoms with Crippen LogP contribution in [-0.4, -0.2) is 31.3 Å². The minimum Gasteiger partial charge on any atom is -0.497 e. The van der Waals surface area contributed by atoms with E-state index in [-0.39, 0.29) is 23.5 Å². The molecule has 1 unspecified atom stereocenters. The number of aromatic amines is 1. The number of furan rings is 1. The number of benzene rings is 2. The Morgan fingerprint density at radius 3 is 2.67 bits per heavy atom. The Balaban J connectivity index is 1.54. The highest BCUT2D eigenvalue weighted by Gasteiger charge is 2.32. The zero-order valence-corrected chi connectivity index (χ0v) is 22.5. The maximum absolute atomic E-state index is 14.1. The van der Waals surface area contributed by atoms with Crippen LogP contribution in [0.4, 0.5) is 0 Å². The quantitative estimate of drug-likeness (QED) is 0.259. The van der Waals surface area contributed by atoms with E-state index in [1.165, 1.54) is 49.0 Å². The van der Waals surface area contributed by atoms with Gasteiger partial charge in [-0.25, -0.2) is 8.42 Å². The van der Waals surface area contributed by atoms with Gasteiger partial charge in [0, 0.05) is 16.5 Å². The Kier molecular flexibility index (Phi) is 7.64. The molecule has 3 heterocycles. The highest BCUT2D eigenvalue weighted by Crippen LogP contribution is 2.27. The number of ether oxygens (including phenoxy) is 1. The number of hydrogen-bond acceptors (Lipinski definition) is 7. The van der Waals surface area contributed by atoms with Gasteiger partial charge in [0.15, 0.2) is 0 Å². The van der Waals surface area contributed by atoms with E-state index in [0.717, 1.165) is 4.88 Å². The van der Waals surface area contributed by atoms with E-state index in [2.05, 4.69) is 9.71 Å². The molecule has 0 saturated carbocycles. The van der Waals surface area contributed by atoms with Crippen molar-refractivity contribution in [2.45, 2.75) is 24.0 Å². The lowest BCUT2D eigenvalue weighted by Gasteiger charge is -2.27. The van der Waals surface area contributed by atoms with Crippen molar-refractivity contribution in [3.63, 3.8) is 0 Å². The van der Waals surface area contributed by atoms with Crippen LogP contribution in [0.2, 0.25) is 0 Å². The summed E-state index contributed by atoms with van der Waals surface area (Å²) in [6, 6.07) is 20.0. The third-order valence-electron chi connectivity index (χ3n) is 6.12. The van der Waals surface area contributed by atoms with Crippen molar-refractivity contribution in [1.29, 1.82) is 0 Å². The maximum atomic E-state index is 14.1. The average molecular weight is 564 g/mol. The summed E-state index contributed by atoms with van der Waals surface area (Å²) in [5.41, 5.74) is 0.633. The number of pyridine rings is 1. The van der Waals surface area contributed by atoms with Gasteiger partial charge in [0.25, 0.3) is 0 Å². The summed E-state index contributed by atoms with van der Waals surface area (Å²) >= 11 is 1.50. The molecule has 200 valence electrons. The second-order valence-electron chi connectivity index (χ2n) is 8.76. The molecule has 1 amide bonds. The summed E-state index contributed by atoms with van der Waals surface area (Å²) in [6.07, 6.45) is 1.53. The zero-order valence-electron chi connectivity index (χ0n) is 20.9. The van der Waals surface area contributed by atoms with Crippen LogP contribution in [0.3, 0.4) is 0 Å². The third-order valence-corrected chi connectivity index (χ3v) is 8.40. The average Bonchev–Trinajstić information content (AvgIpc) is 3.65. The Hall–Kier alpha value is -4.19. The number of rotatable bonds is 10. The molecule has 39 heavy (non-hydrogen) atoms. The summed E-state index contributed by atoms with van der Waals surface area (Å²) in [5, 5.41) is 2.46. The molecule has 0 aliphatic heterocycles. The highest BCUT2D eigenvalue weighted by molar-refractivity contribution is 7.89. The van der Waals surface area contributed by atoms with Crippen molar-refractivity contribution < 1.29 is 22.4 Å². The summed E-state index contributed by atoms with van der Waals surface area (Å²) in [5.74, 6) is 0.590. The van der Waals surface area contributed by atoms with E-state index in [1.54, 1.807) is 47.4 Å². The topological polar surface area (TPSA) is 122 Å². The van der Waals surface area contributed by atoms with E-state index in [0.29, 0.717) is 28.0 Å². The smallest absolute Gasteiger partial charge is 0.248 e. The molecular formula is C28H25N3O6S2. The van der Waals surface area contributed by atoms with E-state index in [1.807, 2.05) is 17.5 Å². The van der Waals surface area contributed by atoms with Gasteiger partial charge in [-0.2, -0.15) is 4.72 Å². The Labute approximate surface area is 228 Å². The number of carbonyl (C=O) groups excluding carboxylic acids is 1. The van der Waals surface area contributed by atoms with Crippen LogP contribution in [0.5, 0.6) is 5.75 Å². The predicted octanol–water partition coefficient (Wildman–Crippen LogP) is 4.44. The fourth-order valence-corrected chi connectivity index (χ4v) is 6.11. The number of hydrogen-bond donors (Lipinski definition) is 2. The second-order valence-corrected chi connectivity index (χ2v) is 11.5. The van der Waals surface area contributed by atoms with Gasteiger partial charge >= 0.3 is 0 Å². The SMILES string of the molecule is COc1cccc(C(NS(=O)(=O)c2ccc3[nH]c(=O)ccc3c2)C(=O)N(Cc2ccco2)Cc2cccs2)c1. The number of sulfonamides is 1. The number of methoxy groups -OCH3 is 1. The van der Waals surface area contributed by atoms with Crippen LogP contribution in [-0.2, 0) is 27.9 Å². The number of aromatic nitrogens is 1. The predicted molar refractivity (Wildman–Crippen MR) is 148 cm³/mol. The van der Waals surface area contributed by atoms with Crippen LogP contribution in [0, 0.1) is 0 Å². The molecule has 11 heteroatoms. The maximum Gasteiger partial charge on any atom is 0.248 e. The van der Waals surface area contributed by atoms with Gasteiger partial charge in [0.2, 0.25) is 21.5 Å². The number of carbonyl (C=O) groups is 1. The van der Waals surface area contributed by atoms with Crippen LogP contribution < -0.4 is 15.0 Å². The molecule has 0 bridgehead atoms. The Bertz CT molecular complexity index is 1710. The van der Waals surface area contributed by atoms with Crippen molar-refractivity contribution >= 4 is 38.2 Å². The fraction of sp³-hybridized carbons (Fsp3) is 0.143. The molecule has 0 aliphatic carbocycles. The van der Waals surface area contributed by atoms with E-state index in [4.69, 9.17) is 9.15 Å². The van der Waals surface area contributed by atoms with Crippen molar-refractivity contribution in [2.24, 2.45) is 0 Å². The van der Waals surface area contributed by atoms with Crippen molar-refractivity contribution in [1.82, 2.24) is 14.6 Å². The number of fused-ring (bicyclic) bond motifs is 1. The van der Waals surface area contributed by atoms with Crippen molar-refractivity contribution in [3.05, 3.63) is 117 Å². The van der Waals surface area contributed by atoms with Crippen LogP contribution >= 0.6 is 11.3 Å². The summed E-state index contributed by atoms with van der Waals surface area (Å²) < 4.78 is 40.7. The minimum atomic E-state index is -4.18. The lowest BCUT2D eigenvalue weighted by molar-refractivity contribution is -0.134. The first-order valence-electron chi connectivity index (χ1n) is 12.0. The zero-order chi connectivity index (χ0) is 27.4. The number of amides is 1. The largest absolute Gasteiger partial charge is 0.497 e. The minimum absolute atomic E-state index is 0.0430. The van der Waals surface area contributed by atoms with Gasteiger partial charge in [-0.1, -0.05) is 18.2 Å². The van der Waals surface area contributed by atoms with Gasteiger partial charge in [0.05, 0.1) is 31.4 Å². The molecule has 0 saturated heterocycles. The van der Waals surface area contributed by atoms with Gasteiger partial charge in [0.1, 0.15) is 17.6 Å². The molecule has 1 atom stereocenters. The Morgan fingerprint density at radius 1 is 1.05 bits per heavy atom. The molecule has 2 aromatic carbocycles. The summed E-state index contributed by atoms with van der Waals surface area (Å²) in [6.45, 7) is 0.415. The third kappa shape index (κ3) is 6.11. The fourth-order valence-electron chi connectivity index (χ4n) is 4.18. The summed E-state index contributed by atoms with van der Waals surface area (Å²) in [4.78, 5) is 30.9. The standard InChI is InChI=1S/C28H25N3O6S2/c1-36-21-6-2-5-20(15-21)27(28(33)31(17-22-7-3-13-37-22)18-23-8-4-14-38-23)30-39(34,35)24-10-11-25-19(16-24)9-12-26(32)29-25/h2-16,27,30H,17-18H2,1H3,(H,29,32). The summed E-state index contributed by atoms with van der Waals surface area (Å²) in [7, 11) is -2.68. The molecule has 0 radical (unpaired) electrons. The second kappa shape index (κ2) is 11.3. The molecule has 5 rings (SSSR count). The number of nitrogens with one attached hydrogen (secondary N) is 2. The van der Waals surface area contributed by atoms with Crippen molar-refractivity contribution in [2.75, 3.05) is 7.11 Å². The van der Waals surface area contributed by atoms with Gasteiger partial charge < -0.3 is 19.0 Å². The van der Waals surface area contributed by atoms with Gasteiger partial charge in [-0.3, -0.25) is 9.59 Å². The van der Waals surface area contributed by atoms with E-state index in [9.17, 15) is 18.0 Å². The van der Waals surface area contributed by atoms with Crippen molar-refractivity contribution in [3.8, 4) is 5.75 Å². The monoisotopic (exact) mass is 563 g/mol. The first kappa shape index (κ1) is 26.4. The Morgan fingerprint density at radius 2 is 1.92 bits per heavy atom. The molecular weight excluding hydrogens is 538 g/mol. The van der Waals surface area contributed by atoms with Gasteiger partial charge in [-0.05, 0) is 70.9 Å². The molecule has 0 aliphatic rings. The first-order valence-corrected chi connectivity index (χ1v) is 14.3. The normalized spacial score (nSPS) is 12.3. The molecule has 3 aromatic heterocycles. The molecule has 2 N–H and O–H groups in total. The molecule has 9 nitrogen and oxygen atoms in total. The lowest BCUT2D eigenvalue weighted by atomic mass is 10.1. The number of nitrogens with zero attached hydrogens (tertiary/aromatic N) is 1. The number of thiophene rings is 1. The molecule has 0 fully saturated rings.